The SMILES string of the molecule is CCCCCCOc1ccc(OC(=O)c2ccc(C3CCC(CCCC)CC3)cc2)cc1. The van der Waals surface area contributed by atoms with Gasteiger partial charge < -0.3 is 9.47 Å². The third-order valence-corrected chi connectivity index (χ3v) is 6.73. The minimum absolute atomic E-state index is 0.312. The molecule has 3 rings (SSSR count). The van der Waals surface area contributed by atoms with Gasteiger partial charge in [-0.05, 0) is 85.9 Å². The van der Waals surface area contributed by atoms with Crippen LogP contribution in [0.1, 0.15) is 106 Å². The molecule has 1 fully saturated rings. The second-order valence-corrected chi connectivity index (χ2v) is 9.25. The van der Waals surface area contributed by atoms with Crippen LogP contribution in [0.4, 0.5) is 0 Å². The van der Waals surface area contributed by atoms with Gasteiger partial charge in [-0.15, -0.1) is 0 Å². The molecule has 0 radical (unpaired) electrons. The largest absolute Gasteiger partial charge is 0.494 e. The van der Waals surface area contributed by atoms with Gasteiger partial charge in [0.25, 0.3) is 0 Å². The van der Waals surface area contributed by atoms with Crippen molar-refractivity contribution in [3.63, 3.8) is 0 Å². The smallest absolute Gasteiger partial charge is 0.343 e. The summed E-state index contributed by atoms with van der Waals surface area (Å²) in [5, 5.41) is 0. The third kappa shape index (κ3) is 7.69. The van der Waals surface area contributed by atoms with Crippen molar-refractivity contribution < 1.29 is 14.3 Å². The highest BCUT2D eigenvalue weighted by atomic mass is 16.5. The molecule has 0 spiro atoms. The van der Waals surface area contributed by atoms with E-state index in [-0.39, 0.29) is 5.97 Å². The summed E-state index contributed by atoms with van der Waals surface area (Å²) in [6, 6.07) is 15.4. The van der Waals surface area contributed by atoms with Crippen LogP contribution in [0.2, 0.25) is 0 Å². The summed E-state index contributed by atoms with van der Waals surface area (Å²) in [5.41, 5.74) is 1.96. The molecule has 1 saturated carbocycles. The van der Waals surface area contributed by atoms with E-state index < -0.39 is 0 Å². The van der Waals surface area contributed by atoms with Crippen LogP contribution in [0.3, 0.4) is 0 Å². The maximum Gasteiger partial charge on any atom is 0.343 e. The highest BCUT2D eigenvalue weighted by Gasteiger charge is 2.22. The van der Waals surface area contributed by atoms with E-state index in [0.29, 0.717) is 17.2 Å². The van der Waals surface area contributed by atoms with Crippen LogP contribution >= 0.6 is 0 Å². The highest BCUT2D eigenvalue weighted by Crippen LogP contribution is 2.37. The molecule has 0 amide bonds. The zero-order valence-electron chi connectivity index (χ0n) is 20.0. The third-order valence-electron chi connectivity index (χ3n) is 6.73. The van der Waals surface area contributed by atoms with Crippen molar-refractivity contribution >= 4 is 5.97 Å². The van der Waals surface area contributed by atoms with Gasteiger partial charge in [0.1, 0.15) is 11.5 Å². The number of rotatable bonds is 12. The van der Waals surface area contributed by atoms with Crippen LogP contribution in [0.15, 0.2) is 48.5 Å². The van der Waals surface area contributed by atoms with Gasteiger partial charge in [-0.25, -0.2) is 4.79 Å². The number of esters is 1. The van der Waals surface area contributed by atoms with Gasteiger partial charge in [0, 0.05) is 0 Å². The van der Waals surface area contributed by atoms with Crippen molar-refractivity contribution in [2.75, 3.05) is 6.61 Å². The first kappa shape index (κ1) is 24.4. The lowest BCUT2D eigenvalue weighted by Gasteiger charge is -2.28. The molecule has 1 aliphatic rings. The average molecular weight is 437 g/mol. The summed E-state index contributed by atoms with van der Waals surface area (Å²) < 4.78 is 11.3. The van der Waals surface area contributed by atoms with Crippen LogP contribution in [0.5, 0.6) is 11.5 Å². The molecule has 0 heterocycles. The topological polar surface area (TPSA) is 35.5 Å². The summed E-state index contributed by atoms with van der Waals surface area (Å²) in [4.78, 5) is 12.5. The molecule has 0 unspecified atom stereocenters. The fourth-order valence-corrected chi connectivity index (χ4v) is 4.66. The van der Waals surface area contributed by atoms with Gasteiger partial charge in [-0.1, -0.05) is 64.5 Å². The monoisotopic (exact) mass is 436 g/mol. The normalized spacial score (nSPS) is 18.3. The Bertz CT molecular complexity index is 786. The van der Waals surface area contributed by atoms with Crippen molar-refractivity contribution in [1.29, 1.82) is 0 Å². The van der Waals surface area contributed by atoms with Crippen LogP contribution in [-0.2, 0) is 0 Å². The van der Waals surface area contributed by atoms with Gasteiger partial charge in [-0.3, -0.25) is 0 Å². The van der Waals surface area contributed by atoms with Crippen LogP contribution < -0.4 is 9.47 Å². The molecule has 3 nitrogen and oxygen atoms in total. The van der Waals surface area contributed by atoms with E-state index in [9.17, 15) is 4.79 Å². The second-order valence-electron chi connectivity index (χ2n) is 9.25. The molecule has 0 atom stereocenters. The lowest BCUT2D eigenvalue weighted by Crippen LogP contribution is -2.14. The van der Waals surface area contributed by atoms with Gasteiger partial charge in [-0.2, -0.15) is 0 Å². The second kappa shape index (κ2) is 13.3. The quantitative estimate of drug-likeness (QED) is 0.190. The molecular formula is C29H40O3. The number of hydrogen-bond donors (Lipinski definition) is 0. The minimum Gasteiger partial charge on any atom is -0.494 e. The van der Waals surface area contributed by atoms with E-state index in [0.717, 1.165) is 24.7 Å². The molecule has 0 aromatic heterocycles. The fraction of sp³-hybridized carbons (Fsp3) is 0.552. The number of unbranched alkanes of at least 4 members (excludes halogenated alkanes) is 4. The number of benzene rings is 2. The Morgan fingerprint density at radius 2 is 1.44 bits per heavy atom. The van der Waals surface area contributed by atoms with E-state index in [1.165, 1.54) is 69.8 Å². The maximum atomic E-state index is 12.5. The fourth-order valence-electron chi connectivity index (χ4n) is 4.66. The Morgan fingerprint density at radius 3 is 2.09 bits per heavy atom. The standard InChI is InChI=1S/C29H40O3/c1-3-5-7-8-22-31-27-18-20-28(21-19-27)32-29(30)26-16-14-25(15-17-26)24-12-10-23(11-13-24)9-6-4-2/h14-21,23-24H,3-13,22H2,1-2H3. The lowest BCUT2D eigenvalue weighted by atomic mass is 9.77. The summed E-state index contributed by atoms with van der Waals surface area (Å²) >= 11 is 0. The first-order valence-corrected chi connectivity index (χ1v) is 12.7. The molecule has 174 valence electrons. The van der Waals surface area contributed by atoms with Crippen molar-refractivity contribution in [2.24, 2.45) is 5.92 Å². The summed E-state index contributed by atoms with van der Waals surface area (Å²) in [6.07, 6.45) is 14.0. The molecule has 2 aromatic rings. The Labute approximate surface area is 194 Å². The Morgan fingerprint density at radius 1 is 0.781 bits per heavy atom. The molecule has 1 aliphatic carbocycles. The minimum atomic E-state index is -0.312. The number of hydrogen-bond acceptors (Lipinski definition) is 3. The summed E-state index contributed by atoms with van der Waals surface area (Å²) in [5.74, 6) is 2.59. The van der Waals surface area contributed by atoms with E-state index in [1.807, 2.05) is 24.3 Å². The molecule has 0 N–H and O–H groups in total. The van der Waals surface area contributed by atoms with Crippen LogP contribution in [-0.4, -0.2) is 12.6 Å². The van der Waals surface area contributed by atoms with E-state index in [4.69, 9.17) is 9.47 Å². The Balaban J connectivity index is 1.44. The maximum absolute atomic E-state index is 12.5. The average Bonchev–Trinajstić information content (AvgIpc) is 2.84. The first-order valence-electron chi connectivity index (χ1n) is 12.7. The van der Waals surface area contributed by atoms with Gasteiger partial charge in [0.2, 0.25) is 0 Å². The molecule has 0 bridgehead atoms. The first-order chi connectivity index (χ1) is 15.7. The van der Waals surface area contributed by atoms with Crippen molar-refractivity contribution in [2.45, 2.75) is 90.4 Å². The number of carbonyl (C=O) groups is 1. The number of carbonyl (C=O) groups excluding carboxylic acids is 1. The molecule has 0 aliphatic heterocycles. The van der Waals surface area contributed by atoms with E-state index in [2.05, 4.69) is 26.0 Å². The molecule has 3 heteroatoms. The zero-order chi connectivity index (χ0) is 22.6. The zero-order valence-corrected chi connectivity index (χ0v) is 20.0. The Kier molecular flexibility index (Phi) is 10.1. The van der Waals surface area contributed by atoms with Crippen LogP contribution in [0, 0.1) is 5.92 Å². The van der Waals surface area contributed by atoms with Crippen LogP contribution in [0.25, 0.3) is 0 Å². The van der Waals surface area contributed by atoms with Crippen molar-refractivity contribution in [3.8, 4) is 11.5 Å². The van der Waals surface area contributed by atoms with Gasteiger partial charge in [0.15, 0.2) is 0 Å². The Hall–Kier alpha value is -2.29. The van der Waals surface area contributed by atoms with Crippen molar-refractivity contribution in [3.05, 3.63) is 59.7 Å². The lowest BCUT2D eigenvalue weighted by molar-refractivity contribution is 0.0734. The van der Waals surface area contributed by atoms with Crippen molar-refractivity contribution in [1.82, 2.24) is 0 Å². The molecule has 0 saturated heterocycles. The highest BCUT2D eigenvalue weighted by molar-refractivity contribution is 5.91. The molecule has 2 aromatic carbocycles. The summed E-state index contributed by atoms with van der Waals surface area (Å²) in [6.45, 7) is 5.21. The number of ether oxygens (including phenoxy) is 2. The van der Waals surface area contributed by atoms with Gasteiger partial charge in [0.05, 0.1) is 12.2 Å². The summed E-state index contributed by atoms with van der Waals surface area (Å²) in [7, 11) is 0. The predicted molar refractivity (Wildman–Crippen MR) is 132 cm³/mol. The van der Waals surface area contributed by atoms with Gasteiger partial charge >= 0.3 is 5.97 Å². The van der Waals surface area contributed by atoms with E-state index in [1.54, 1.807) is 12.1 Å². The molecule has 32 heavy (non-hydrogen) atoms. The predicted octanol–water partition coefficient (Wildman–Crippen LogP) is 8.33. The molecular weight excluding hydrogens is 396 g/mol. The van der Waals surface area contributed by atoms with E-state index >= 15 is 0 Å².